The SMILES string of the molecule is CCCOc1c(Cl)cc(/C=C/C(=O)c2c(O)cc(C)oc2=O)cc1OCC. The average Bonchev–Trinajstić information content (AvgIpc) is 2.58. The second-order valence-corrected chi connectivity index (χ2v) is 6.12. The Labute approximate surface area is 162 Å². The van der Waals surface area contributed by atoms with Gasteiger partial charge in [-0.25, -0.2) is 4.79 Å². The third-order valence-electron chi connectivity index (χ3n) is 3.51. The highest BCUT2D eigenvalue weighted by atomic mass is 35.5. The molecule has 0 atom stereocenters. The van der Waals surface area contributed by atoms with Crippen LogP contribution < -0.4 is 15.1 Å². The number of aryl methyl sites for hydroxylation is 1. The first kappa shape index (κ1) is 20.6. The number of ketones is 1. The van der Waals surface area contributed by atoms with Gasteiger partial charge >= 0.3 is 5.63 Å². The third kappa shape index (κ3) is 5.14. The molecule has 27 heavy (non-hydrogen) atoms. The van der Waals surface area contributed by atoms with E-state index in [1.54, 1.807) is 12.1 Å². The molecule has 0 bridgehead atoms. The van der Waals surface area contributed by atoms with Gasteiger partial charge in [0.25, 0.3) is 0 Å². The molecule has 0 saturated carbocycles. The molecule has 0 saturated heterocycles. The Balaban J connectivity index is 2.34. The van der Waals surface area contributed by atoms with Gasteiger partial charge in [0.2, 0.25) is 0 Å². The van der Waals surface area contributed by atoms with Gasteiger partial charge in [0, 0.05) is 6.07 Å². The monoisotopic (exact) mass is 392 g/mol. The summed E-state index contributed by atoms with van der Waals surface area (Å²) in [5.41, 5.74) is -0.731. The molecule has 0 spiro atoms. The van der Waals surface area contributed by atoms with Crippen LogP contribution in [-0.4, -0.2) is 24.1 Å². The van der Waals surface area contributed by atoms with Gasteiger partial charge in [-0.05, 0) is 44.0 Å². The lowest BCUT2D eigenvalue weighted by atomic mass is 10.1. The summed E-state index contributed by atoms with van der Waals surface area (Å²) in [7, 11) is 0. The lowest BCUT2D eigenvalue weighted by Crippen LogP contribution is -2.12. The minimum Gasteiger partial charge on any atom is -0.507 e. The van der Waals surface area contributed by atoms with E-state index >= 15 is 0 Å². The fraction of sp³-hybridized carbons (Fsp3) is 0.300. The van der Waals surface area contributed by atoms with Crippen LogP contribution in [0.5, 0.6) is 17.2 Å². The number of carbonyl (C=O) groups excluding carboxylic acids is 1. The summed E-state index contributed by atoms with van der Waals surface area (Å²) < 4.78 is 16.1. The number of carbonyl (C=O) groups is 1. The van der Waals surface area contributed by atoms with Crippen molar-refractivity contribution in [3.63, 3.8) is 0 Å². The van der Waals surface area contributed by atoms with Crippen LogP contribution in [0.25, 0.3) is 6.08 Å². The minimum absolute atomic E-state index is 0.217. The number of aromatic hydroxyl groups is 1. The van der Waals surface area contributed by atoms with E-state index in [9.17, 15) is 14.7 Å². The maximum atomic E-state index is 12.3. The van der Waals surface area contributed by atoms with Gasteiger partial charge in [-0.15, -0.1) is 0 Å². The second-order valence-electron chi connectivity index (χ2n) is 5.71. The summed E-state index contributed by atoms with van der Waals surface area (Å²) in [6, 6.07) is 4.52. The largest absolute Gasteiger partial charge is 0.507 e. The molecule has 1 aromatic heterocycles. The van der Waals surface area contributed by atoms with E-state index in [4.69, 9.17) is 25.5 Å². The molecular weight excluding hydrogens is 372 g/mol. The minimum atomic E-state index is -0.890. The second kappa shape index (κ2) is 9.28. The maximum Gasteiger partial charge on any atom is 0.351 e. The Morgan fingerprint density at radius 1 is 1.26 bits per heavy atom. The van der Waals surface area contributed by atoms with Crippen LogP contribution in [0.4, 0.5) is 0 Å². The zero-order valence-electron chi connectivity index (χ0n) is 15.4. The number of hydrogen-bond donors (Lipinski definition) is 1. The van der Waals surface area contributed by atoms with Crippen molar-refractivity contribution in [3.8, 4) is 17.2 Å². The van der Waals surface area contributed by atoms with Gasteiger partial charge in [-0.3, -0.25) is 4.79 Å². The number of allylic oxidation sites excluding steroid dienone is 1. The Morgan fingerprint density at radius 3 is 2.63 bits per heavy atom. The molecule has 2 aromatic rings. The molecule has 0 amide bonds. The Hall–Kier alpha value is -2.73. The van der Waals surface area contributed by atoms with Gasteiger partial charge in [-0.1, -0.05) is 24.6 Å². The molecule has 1 aromatic carbocycles. The molecule has 144 valence electrons. The van der Waals surface area contributed by atoms with Crippen LogP contribution >= 0.6 is 11.6 Å². The van der Waals surface area contributed by atoms with E-state index in [0.29, 0.717) is 35.3 Å². The summed E-state index contributed by atoms with van der Waals surface area (Å²) in [6.07, 6.45) is 3.45. The normalized spacial score (nSPS) is 11.0. The van der Waals surface area contributed by atoms with Crippen LogP contribution in [0.2, 0.25) is 5.02 Å². The van der Waals surface area contributed by atoms with E-state index in [2.05, 4.69) is 0 Å². The van der Waals surface area contributed by atoms with Crippen LogP contribution in [0, 0.1) is 6.92 Å². The van der Waals surface area contributed by atoms with Crippen molar-refractivity contribution >= 4 is 23.5 Å². The predicted octanol–water partition coefficient (Wildman–Crippen LogP) is 4.39. The molecule has 7 heteroatoms. The first-order valence-corrected chi connectivity index (χ1v) is 8.90. The summed E-state index contributed by atoms with van der Waals surface area (Å²) in [5.74, 6) is 0.0224. The van der Waals surface area contributed by atoms with E-state index < -0.39 is 22.7 Å². The van der Waals surface area contributed by atoms with Gasteiger partial charge in [0.1, 0.15) is 17.1 Å². The summed E-state index contributed by atoms with van der Waals surface area (Å²) in [4.78, 5) is 24.1. The zero-order chi connectivity index (χ0) is 20.0. The van der Waals surface area contributed by atoms with Crippen LogP contribution in [-0.2, 0) is 0 Å². The average molecular weight is 393 g/mol. The molecule has 0 aliphatic carbocycles. The van der Waals surface area contributed by atoms with Gasteiger partial charge in [0.05, 0.1) is 18.2 Å². The number of halogens is 1. The number of benzene rings is 1. The van der Waals surface area contributed by atoms with Crippen LogP contribution in [0.15, 0.2) is 33.5 Å². The first-order chi connectivity index (χ1) is 12.9. The molecule has 2 rings (SSSR count). The van der Waals surface area contributed by atoms with E-state index in [1.165, 1.54) is 19.1 Å². The molecule has 0 radical (unpaired) electrons. The Kier molecular flexibility index (Phi) is 7.07. The zero-order valence-corrected chi connectivity index (χ0v) is 16.1. The van der Waals surface area contributed by atoms with Crippen molar-refractivity contribution in [1.29, 1.82) is 0 Å². The highest BCUT2D eigenvalue weighted by Crippen LogP contribution is 2.37. The van der Waals surface area contributed by atoms with Crippen LogP contribution in [0.1, 0.15) is 41.9 Å². The number of ether oxygens (including phenoxy) is 2. The van der Waals surface area contributed by atoms with Gasteiger partial charge in [0.15, 0.2) is 17.3 Å². The molecule has 0 aliphatic heterocycles. The Bertz CT molecular complexity index is 913. The van der Waals surface area contributed by atoms with Crippen molar-refractivity contribution in [1.82, 2.24) is 0 Å². The summed E-state index contributed by atoms with van der Waals surface area (Å²) >= 11 is 6.28. The number of hydrogen-bond acceptors (Lipinski definition) is 6. The van der Waals surface area contributed by atoms with Crippen LogP contribution in [0.3, 0.4) is 0 Å². The third-order valence-corrected chi connectivity index (χ3v) is 3.79. The van der Waals surface area contributed by atoms with Crippen molar-refractivity contribution < 1.29 is 23.8 Å². The van der Waals surface area contributed by atoms with E-state index in [0.717, 1.165) is 12.5 Å². The molecule has 0 unspecified atom stereocenters. The standard InChI is InChI=1S/C20H21ClO6/c1-4-8-26-19-14(21)10-13(11-17(19)25-5-2)6-7-15(22)18-16(23)9-12(3)27-20(18)24/h6-7,9-11,23H,4-5,8H2,1-3H3/b7-6+. The predicted molar refractivity (Wildman–Crippen MR) is 103 cm³/mol. The lowest BCUT2D eigenvalue weighted by molar-refractivity contribution is 0.104. The molecule has 0 aliphatic rings. The van der Waals surface area contributed by atoms with Crippen molar-refractivity contribution in [3.05, 3.63) is 56.6 Å². The molecule has 1 heterocycles. The molecule has 1 N–H and O–H groups in total. The summed E-state index contributed by atoms with van der Waals surface area (Å²) in [5, 5.41) is 10.2. The highest BCUT2D eigenvalue weighted by Gasteiger charge is 2.16. The van der Waals surface area contributed by atoms with E-state index in [-0.39, 0.29) is 5.76 Å². The van der Waals surface area contributed by atoms with Gasteiger partial charge in [-0.2, -0.15) is 0 Å². The fourth-order valence-electron chi connectivity index (χ4n) is 2.37. The van der Waals surface area contributed by atoms with Gasteiger partial charge < -0.3 is 19.0 Å². The molecular formula is C20H21ClO6. The smallest absolute Gasteiger partial charge is 0.351 e. The maximum absolute atomic E-state index is 12.3. The Morgan fingerprint density at radius 2 is 2.00 bits per heavy atom. The quantitative estimate of drug-likeness (QED) is 0.529. The van der Waals surface area contributed by atoms with Crippen molar-refractivity contribution in [2.45, 2.75) is 27.2 Å². The fourth-order valence-corrected chi connectivity index (χ4v) is 2.64. The first-order valence-electron chi connectivity index (χ1n) is 8.52. The van der Waals surface area contributed by atoms with Crippen molar-refractivity contribution in [2.24, 2.45) is 0 Å². The van der Waals surface area contributed by atoms with E-state index in [1.807, 2.05) is 13.8 Å². The lowest BCUT2D eigenvalue weighted by Gasteiger charge is -2.14. The summed E-state index contributed by atoms with van der Waals surface area (Å²) in [6.45, 7) is 6.24. The highest BCUT2D eigenvalue weighted by molar-refractivity contribution is 6.32. The topological polar surface area (TPSA) is 86.0 Å². The molecule has 6 nitrogen and oxygen atoms in total. The number of rotatable bonds is 8. The molecule has 0 fully saturated rings. The van der Waals surface area contributed by atoms with Crippen molar-refractivity contribution in [2.75, 3.05) is 13.2 Å².